The normalized spacial score (nSPS) is 26.6. The zero-order valence-corrected chi connectivity index (χ0v) is 11.5. The summed E-state index contributed by atoms with van der Waals surface area (Å²) in [4.78, 5) is 2.48. The molecule has 1 saturated heterocycles. The molecule has 0 spiro atoms. The largest absolute Gasteiger partial charge is 0.393 e. The summed E-state index contributed by atoms with van der Waals surface area (Å²) in [7, 11) is 0. The summed E-state index contributed by atoms with van der Waals surface area (Å²) in [5, 5.41) is 13.0. The van der Waals surface area contributed by atoms with Crippen molar-refractivity contribution in [3.8, 4) is 0 Å². The van der Waals surface area contributed by atoms with Gasteiger partial charge in [-0.2, -0.15) is 0 Å². The van der Waals surface area contributed by atoms with E-state index in [1.807, 2.05) is 0 Å². The second-order valence-corrected chi connectivity index (χ2v) is 5.78. The zero-order chi connectivity index (χ0) is 12.6. The molecule has 2 rings (SSSR count). The van der Waals surface area contributed by atoms with E-state index in [1.54, 1.807) is 0 Å². The third-order valence-corrected chi connectivity index (χ3v) is 4.20. The molecule has 0 bridgehead atoms. The maximum Gasteiger partial charge on any atom is 0.0564 e. The van der Waals surface area contributed by atoms with Crippen molar-refractivity contribution in [1.29, 1.82) is 0 Å². The Balaban J connectivity index is 1.45. The summed E-state index contributed by atoms with van der Waals surface area (Å²) in [5.41, 5.74) is 0. The monoisotopic (exact) mass is 252 g/mol. The highest BCUT2D eigenvalue weighted by Crippen LogP contribution is 2.16. The van der Waals surface area contributed by atoms with Gasteiger partial charge in [-0.15, -0.1) is 0 Å². The van der Waals surface area contributed by atoms with Crippen molar-refractivity contribution >= 4 is 0 Å². The molecule has 3 heteroatoms. The van der Waals surface area contributed by atoms with Crippen LogP contribution in [-0.4, -0.2) is 48.8 Å². The van der Waals surface area contributed by atoms with Crippen LogP contribution in [-0.2, 0) is 0 Å². The van der Waals surface area contributed by atoms with Crippen LogP contribution in [0.3, 0.4) is 0 Å². The number of nitrogens with one attached hydrogen (secondary N) is 1. The average Bonchev–Trinajstić information content (AvgIpc) is 2.42. The standard InChI is InChI=1S/C15H28N2O/c18-15-7-11-17(12-8-15)10-4-9-16-13-14-5-2-1-3-6-14/h1-2,14-16,18H,3-13H2. The number of likely N-dealkylation sites (tertiary alicyclic amines) is 1. The van der Waals surface area contributed by atoms with Crippen molar-refractivity contribution in [2.75, 3.05) is 32.7 Å². The number of aliphatic hydroxyl groups excluding tert-OH is 1. The molecule has 1 unspecified atom stereocenters. The molecule has 1 fully saturated rings. The number of aliphatic hydroxyl groups is 1. The lowest BCUT2D eigenvalue weighted by Gasteiger charge is -2.29. The van der Waals surface area contributed by atoms with Crippen LogP contribution < -0.4 is 5.32 Å². The minimum Gasteiger partial charge on any atom is -0.393 e. The first kappa shape index (κ1) is 14.0. The fourth-order valence-corrected chi connectivity index (χ4v) is 2.92. The summed E-state index contributed by atoms with van der Waals surface area (Å²) >= 11 is 0. The average molecular weight is 252 g/mol. The zero-order valence-electron chi connectivity index (χ0n) is 11.5. The van der Waals surface area contributed by atoms with E-state index in [4.69, 9.17) is 0 Å². The molecule has 1 atom stereocenters. The molecular formula is C15H28N2O. The van der Waals surface area contributed by atoms with Gasteiger partial charge in [0.25, 0.3) is 0 Å². The Labute approximate surface area is 111 Å². The van der Waals surface area contributed by atoms with Crippen molar-refractivity contribution in [3.63, 3.8) is 0 Å². The first-order valence-corrected chi connectivity index (χ1v) is 7.61. The Hall–Kier alpha value is -0.380. The van der Waals surface area contributed by atoms with Gasteiger partial charge in [-0.1, -0.05) is 12.2 Å². The van der Waals surface area contributed by atoms with E-state index in [-0.39, 0.29) is 6.10 Å². The van der Waals surface area contributed by atoms with Crippen LogP contribution in [0.4, 0.5) is 0 Å². The van der Waals surface area contributed by atoms with Crippen LogP contribution in [0.1, 0.15) is 38.5 Å². The van der Waals surface area contributed by atoms with E-state index in [1.165, 1.54) is 38.8 Å². The Morgan fingerprint density at radius 3 is 2.72 bits per heavy atom. The highest BCUT2D eigenvalue weighted by Gasteiger charge is 2.16. The van der Waals surface area contributed by atoms with Crippen LogP contribution in [0.5, 0.6) is 0 Å². The molecule has 0 aromatic rings. The topological polar surface area (TPSA) is 35.5 Å². The van der Waals surface area contributed by atoms with E-state index in [9.17, 15) is 5.11 Å². The number of rotatable bonds is 6. The van der Waals surface area contributed by atoms with Crippen LogP contribution in [0.25, 0.3) is 0 Å². The van der Waals surface area contributed by atoms with Gasteiger partial charge in [-0.25, -0.2) is 0 Å². The summed E-state index contributed by atoms with van der Waals surface area (Å²) < 4.78 is 0. The quantitative estimate of drug-likeness (QED) is 0.559. The molecule has 0 saturated carbocycles. The van der Waals surface area contributed by atoms with Crippen molar-refractivity contribution < 1.29 is 5.11 Å². The van der Waals surface area contributed by atoms with Gasteiger partial charge in [0.15, 0.2) is 0 Å². The van der Waals surface area contributed by atoms with Crippen LogP contribution in [0, 0.1) is 5.92 Å². The van der Waals surface area contributed by atoms with Gasteiger partial charge in [0.2, 0.25) is 0 Å². The number of piperidine rings is 1. The Kier molecular flexibility index (Phi) is 6.18. The van der Waals surface area contributed by atoms with Gasteiger partial charge in [0, 0.05) is 13.1 Å². The lowest BCUT2D eigenvalue weighted by Crippen LogP contribution is -2.37. The first-order chi connectivity index (χ1) is 8.84. The molecule has 2 N–H and O–H groups in total. The summed E-state index contributed by atoms with van der Waals surface area (Å²) in [6.07, 6.45) is 11.6. The number of hydrogen-bond donors (Lipinski definition) is 2. The third kappa shape index (κ3) is 5.09. The van der Waals surface area contributed by atoms with Crippen LogP contribution in [0.2, 0.25) is 0 Å². The van der Waals surface area contributed by atoms with Gasteiger partial charge >= 0.3 is 0 Å². The lowest BCUT2D eigenvalue weighted by molar-refractivity contribution is 0.0821. The van der Waals surface area contributed by atoms with E-state index in [0.717, 1.165) is 38.4 Å². The van der Waals surface area contributed by atoms with Gasteiger partial charge in [-0.05, 0) is 64.1 Å². The highest BCUT2D eigenvalue weighted by molar-refractivity contribution is 4.90. The fraction of sp³-hybridized carbons (Fsp3) is 0.867. The van der Waals surface area contributed by atoms with E-state index < -0.39 is 0 Å². The Morgan fingerprint density at radius 1 is 1.17 bits per heavy atom. The molecule has 1 heterocycles. The summed E-state index contributed by atoms with van der Waals surface area (Å²) in [6, 6.07) is 0. The Morgan fingerprint density at radius 2 is 2.00 bits per heavy atom. The molecule has 0 aromatic carbocycles. The van der Waals surface area contributed by atoms with Gasteiger partial charge in [0.05, 0.1) is 6.10 Å². The van der Waals surface area contributed by atoms with Crippen molar-refractivity contribution in [2.45, 2.75) is 44.6 Å². The van der Waals surface area contributed by atoms with Crippen LogP contribution >= 0.6 is 0 Å². The van der Waals surface area contributed by atoms with E-state index in [2.05, 4.69) is 22.4 Å². The number of allylic oxidation sites excluding steroid dienone is 2. The number of nitrogens with zero attached hydrogens (tertiary/aromatic N) is 1. The lowest BCUT2D eigenvalue weighted by atomic mass is 9.94. The fourth-order valence-electron chi connectivity index (χ4n) is 2.92. The molecule has 1 aliphatic heterocycles. The van der Waals surface area contributed by atoms with Gasteiger partial charge in [0.1, 0.15) is 0 Å². The van der Waals surface area contributed by atoms with Crippen molar-refractivity contribution in [3.05, 3.63) is 12.2 Å². The Bertz CT molecular complexity index is 247. The van der Waals surface area contributed by atoms with Gasteiger partial charge < -0.3 is 15.3 Å². The molecule has 104 valence electrons. The minimum absolute atomic E-state index is 0.0428. The second kappa shape index (κ2) is 7.93. The molecule has 0 amide bonds. The van der Waals surface area contributed by atoms with Crippen LogP contribution in [0.15, 0.2) is 12.2 Å². The third-order valence-electron chi connectivity index (χ3n) is 4.20. The minimum atomic E-state index is -0.0428. The van der Waals surface area contributed by atoms with Crippen molar-refractivity contribution in [2.24, 2.45) is 5.92 Å². The maximum absolute atomic E-state index is 9.44. The molecule has 2 aliphatic rings. The summed E-state index contributed by atoms with van der Waals surface area (Å²) in [5.74, 6) is 0.861. The molecular weight excluding hydrogens is 224 g/mol. The first-order valence-electron chi connectivity index (χ1n) is 7.61. The molecule has 0 aromatic heterocycles. The van der Waals surface area contributed by atoms with E-state index in [0.29, 0.717) is 0 Å². The predicted molar refractivity (Wildman–Crippen MR) is 75.6 cm³/mol. The SMILES string of the molecule is OC1CCN(CCCNCC2CC=CCC2)CC1. The molecule has 3 nitrogen and oxygen atoms in total. The summed E-state index contributed by atoms with van der Waals surface area (Å²) in [6.45, 7) is 5.66. The molecule has 18 heavy (non-hydrogen) atoms. The molecule has 1 aliphatic carbocycles. The maximum atomic E-state index is 9.44. The molecule has 0 radical (unpaired) electrons. The number of hydrogen-bond acceptors (Lipinski definition) is 3. The van der Waals surface area contributed by atoms with Gasteiger partial charge in [-0.3, -0.25) is 0 Å². The second-order valence-electron chi connectivity index (χ2n) is 5.78. The highest BCUT2D eigenvalue weighted by atomic mass is 16.3. The predicted octanol–water partition coefficient (Wildman–Crippen LogP) is 1.78. The smallest absolute Gasteiger partial charge is 0.0564 e. The van der Waals surface area contributed by atoms with Crippen molar-refractivity contribution in [1.82, 2.24) is 10.2 Å². The van der Waals surface area contributed by atoms with E-state index >= 15 is 0 Å².